The molecule has 9 heteroatoms. The molecule has 0 radical (unpaired) electrons. The Balaban J connectivity index is 1.64. The van der Waals surface area contributed by atoms with Crippen LogP contribution < -0.4 is 5.49 Å². The molecule has 5 rings (SSSR count). The number of halogens is 3. The first-order chi connectivity index (χ1) is 17.5. The van der Waals surface area contributed by atoms with Crippen LogP contribution in [0.2, 0.25) is 0 Å². The van der Waals surface area contributed by atoms with Crippen LogP contribution in [0.5, 0.6) is 0 Å². The lowest BCUT2D eigenvalue weighted by atomic mass is 9.97. The summed E-state index contributed by atoms with van der Waals surface area (Å²) in [4.78, 5) is 27.9. The van der Waals surface area contributed by atoms with Crippen molar-refractivity contribution in [3.63, 3.8) is 0 Å². The summed E-state index contributed by atoms with van der Waals surface area (Å²) in [6.45, 7) is 7.98. The van der Waals surface area contributed by atoms with E-state index >= 15 is 0 Å². The molecule has 1 amide bonds. The zero-order valence-corrected chi connectivity index (χ0v) is 21.4. The van der Waals surface area contributed by atoms with Gasteiger partial charge in [0.05, 0.1) is 29.0 Å². The molecule has 0 bridgehead atoms. The number of nitrogens with zero attached hydrogens (tertiary/aromatic N) is 5. The fourth-order valence-corrected chi connectivity index (χ4v) is 5.18. The average Bonchev–Trinajstić information content (AvgIpc) is 3.68. The van der Waals surface area contributed by atoms with E-state index in [1.165, 1.54) is 13.0 Å². The van der Waals surface area contributed by atoms with Crippen molar-refractivity contribution in [3.05, 3.63) is 70.2 Å². The number of pyridine rings is 1. The molecule has 1 fully saturated rings. The van der Waals surface area contributed by atoms with Crippen molar-refractivity contribution in [2.45, 2.75) is 65.2 Å². The van der Waals surface area contributed by atoms with Crippen LogP contribution in [0.4, 0.5) is 13.2 Å². The maximum absolute atomic E-state index is 13.5. The van der Waals surface area contributed by atoms with Crippen LogP contribution in [0.25, 0.3) is 16.5 Å². The van der Waals surface area contributed by atoms with Gasteiger partial charge >= 0.3 is 6.18 Å². The summed E-state index contributed by atoms with van der Waals surface area (Å²) in [5.74, 6) is 0.858. The summed E-state index contributed by atoms with van der Waals surface area (Å²) in [5.41, 5.74) is 3.35. The number of alkyl halides is 3. The highest BCUT2D eigenvalue weighted by molar-refractivity contribution is 5.82. The molecule has 3 aromatic rings. The molecule has 1 saturated carbocycles. The molecule has 37 heavy (non-hydrogen) atoms. The molecule has 194 valence electrons. The Kier molecular flexibility index (Phi) is 6.41. The Morgan fingerprint density at radius 1 is 1.22 bits per heavy atom. The summed E-state index contributed by atoms with van der Waals surface area (Å²) in [7, 11) is 0. The second-order valence-electron chi connectivity index (χ2n) is 9.94. The molecule has 1 aliphatic carbocycles. The largest absolute Gasteiger partial charge is 0.416 e. The van der Waals surface area contributed by atoms with Gasteiger partial charge in [-0.15, -0.1) is 0 Å². The fraction of sp³-hybridized carbons (Fsp3) is 0.429. The van der Waals surface area contributed by atoms with E-state index in [0.29, 0.717) is 36.6 Å². The van der Waals surface area contributed by atoms with E-state index < -0.39 is 17.8 Å². The minimum Gasteiger partial charge on any atom is -0.339 e. The summed E-state index contributed by atoms with van der Waals surface area (Å²) in [5, 5.41) is 0.828. The first-order valence-electron chi connectivity index (χ1n) is 12.6. The van der Waals surface area contributed by atoms with Gasteiger partial charge in [-0.1, -0.05) is 18.2 Å². The zero-order chi connectivity index (χ0) is 26.5. The van der Waals surface area contributed by atoms with Gasteiger partial charge in [-0.25, -0.2) is 4.98 Å². The minimum absolute atomic E-state index is 0.0480. The first-order valence-corrected chi connectivity index (χ1v) is 12.6. The van der Waals surface area contributed by atoms with Crippen LogP contribution in [0, 0.1) is 13.8 Å². The number of hydrogen-bond donors (Lipinski definition) is 0. The predicted molar refractivity (Wildman–Crippen MR) is 136 cm³/mol. The highest BCUT2D eigenvalue weighted by Crippen LogP contribution is 2.38. The first kappa shape index (κ1) is 25.2. The number of aryl methyl sites for hydroxylation is 1. The second kappa shape index (κ2) is 9.43. The maximum atomic E-state index is 13.5. The normalized spacial score (nSPS) is 17.8. The Bertz CT molecular complexity index is 1480. The van der Waals surface area contributed by atoms with E-state index in [1.54, 1.807) is 24.8 Å². The highest BCUT2D eigenvalue weighted by atomic mass is 19.4. The quantitative estimate of drug-likeness (QED) is 0.453. The summed E-state index contributed by atoms with van der Waals surface area (Å²) in [6, 6.07) is 6.07. The summed E-state index contributed by atoms with van der Waals surface area (Å²) < 4.78 is 42.7. The van der Waals surface area contributed by atoms with Gasteiger partial charge in [-0.3, -0.25) is 14.8 Å². The highest BCUT2D eigenvalue weighted by Gasteiger charge is 2.33. The van der Waals surface area contributed by atoms with Gasteiger partial charge in [0.1, 0.15) is 5.82 Å². The van der Waals surface area contributed by atoms with E-state index in [9.17, 15) is 18.0 Å². The maximum Gasteiger partial charge on any atom is 0.416 e. The summed E-state index contributed by atoms with van der Waals surface area (Å²) >= 11 is 0. The molecule has 0 saturated heterocycles. The number of fused-ring (bicyclic) bond motifs is 1. The second-order valence-corrected chi connectivity index (χ2v) is 9.94. The van der Waals surface area contributed by atoms with Crippen LogP contribution in [0.1, 0.15) is 73.4 Å². The van der Waals surface area contributed by atoms with Crippen LogP contribution in [0.15, 0.2) is 41.5 Å². The average molecular weight is 510 g/mol. The molecule has 2 aliphatic rings. The molecule has 0 unspecified atom stereocenters. The Hall–Kier alpha value is -3.49. The SMILES string of the molecule is CC(=O)N1CC=C(c2cc3c(=N[C@H](C)c4cccc(C(F)(F)F)c4C)nc(C)n(C4CC4)c3cn2)CC1. The molecule has 0 spiro atoms. The molecular formula is C28H30F3N5O. The number of benzene rings is 1. The lowest BCUT2D eigenvalue weighted by molar-refractivity contribution is -0.138. The van der Waals surface area contributed by atoms with Gasteiger partial charge < -0.3 is 9.47 Å². The van der Waals surface area contributed by atoms with Crippen LogP contribution in [0.3, 0.4) is 0 Å². The van der Waals surface area contributed by atoms with E-state index in [2.05, 4.69) is 4.57 Å². The minimum atomic E-state index is -4.42. The number of hydrogen-bond acceptors (Lipinski definition) is 4. The standard InChI is InChI=1S/C28H30F3N5O/c1-16-22(6-5-7-24(16)28(29,30)31)17(2)33-27-23-14-25(20-10-12-35(13-11-20)19(4)37)32-15-26(23)36(18(3)34-27)21-8-9-21/h5-7,10,14-15,17,21H,8-9,11-13H2,1-4H3/t17-/m1/s1. The fourth-order valence-electron chi connectivity index (χ4n) is 5.18. The number of amides is 1. The van der Waals surface area contributed by atoms with E-state index in [-0.39, 0.29) is 11.5 Å². The van der Waals surface area contributed by atoms with Crippen molar-refractivity contribution in [3.8, 4) is 0 Å². The molecule has 1 aliphatic heterocycles. The molecule has 1 atom stereocenters. The van der Waals surface area contributed by atoms with Crippen molar-refractivity contribution in [2.24, 2.45) is 4.99 Å². The Labute approximate surface area is 213 Å². The van der Waals surface area contributed by atoms with Gasteiger partial charge in [0, 0.05) is 31.4 Å². The van der Waals surface area contributed by atoms with Gasteiger partial charge in [-0.05, 0) is 68.9 Å². The summed E-state index contributed by atoms with van der Waals surface area (Å²) in [6.07, 6.45) is 2.32. The third-order valence-corrected chi connectivity index (χ3v) is 7.34. The topological polar surface area (TPSA) is 63.4 Å². The number of carbonyl (C=O) groups excluding carboxylic acids is 1. The molecule has 0 N–H and O–H groups in total. The van der Waals surface area contributed by atoms with Gasteiger partial charge in [0.25, 0.3) is 0 Å². The van der Waals surface area contributed by atoms with Crippen molar-refractivity contribution in [1.82, 2.24) is 19.4 Å². The van der Waals surface area contributed by atoms with Crippen molar-refractivity contribution in [2.75, 3.05) is 13.1 Å². The monoisotopic (exact) mass is 509 g/mol. The lowest BCUT2D eigenvalue weighted by Gasteiger charge is -2.25. The van der Waals surface area contributed by atoms with Crippen molar-refractivity contribution >= 4 is 22.4 Å². The van der Waals surface area contributed by atoms with E-state index in [4.69, 9.17) is 15.0 Å². The zero-order valence-electron chi connectivity index (χ0n) is 21.4. The van der Waals surface area contributed by atoms with E-state index in [1.807, 2.05) is 25.3 Å². The third kappa shape index (κ3) is 4.91. The number of aromatic nitrogens is 3. The van der Waals surface area contributed by atoms with Crippen molar-refractivity contribution < 1.29 is 18.0 Å². The lowest BCUT2D eigenvalue weighted by Crippen LogP contribution is -2.32. The smallest absolute Gasteiger partial charge is 0.339 e. The molecule has 2 aromatic heterocycles. The number of rotatable bonds is 4. The Morgan fingerprint density at radius 2 is 1.97 bits per heavy atom. The van der Waals surface area contributed by atoms with Crippen LogP contribution >= 0.6 is 0 Å². The van der Waals surface area contributed by atoms with Gasteiger partial charge in [0.2, 0.25) is 5.91 Å². The van der Waals surface area contributed by atoms with Crippen LogP contribution in [-0.4, -0.2) is 38.4 Å². The third-order valence-electron chi connectivity index (χ3n) is 7.34. The molecular weight excluding hydrogens is 479 g/mol. The molecule has 3 heterocycles. The van der Waals surface area contributed by atoms with Gasteiger partial charge in [0.15, 0.2) is 5.49 Å². The predicted octanol–water partition coefficient (Wildman–Crippen LogP) is 5.70. The molecule has 1 aromatic carbocycles. The van der Waals surface area contributed by atoms with Gasteiger partial charge in [-0.2, -0.15) is 13.2 Å². The molecule has 6 nitrogen and oxygen atoms in total. The van der Waals surface area contributed by atoms with Crippen LogP contribution in [-0.2, 0) is 11.0 Å². The Morgan fingerprint density at radius 3 is 2.59 bits per heavy atom. The number of carbonyl (C=O) groups is 1. The van der Waals surface area contributed by atoms with Crippen molar-refractivity contribution in [1.29, 1.82) is 0 Å². The van der Waals surface area contributed by atoms with E-state index in [0.717, 1.165) is 46.9 Å².